The molecule has 3 rings (SSSR count). The Morgan fingerprint density at radius 3 is 2.60 bits per heavy atom. The van der Waals surface area contributed by atoms with Gasteiger partial charge in [-0.25, -0.2) is 4.39 Å². The van der Waals surface area contributed by atoms with Crippen LogP contribution in [0.1, 0.15) is 6.92 Å². The van der Waals surface area contributed by atoms with Gasteiger partial charge in [-0.05, 0) is 37.3 Å². The summed E-state index contributed by atoms with van der Waals surface area (Å²) >= 11 is 1.31. The van der Waals surface area contributed by atoms with Gasteiger partial charge in [0.2, 0.25) is 5.91 Å². The van der Waals surface area contributed by atoms with Crippen LogP contribution in [0.25, 0.3) is 10.9 Å². The summed E-state index contributed by atoms with van der Waals surface area (Å²) in [4.78, 5) is 25.1. The first-order chi connectivity index (χ1) is 12.1. The van der Waals surface area contributed by atoms with Crippen molar-refractivity contribution >= 4 is 34.3 Å². The Morgan fingerprint density at radius 1 is 1.16 bits per heavy atom. The third-order valence-electron chi connectivity index (χ3n) is 3.78. The van der Waals surface area contributed by atoms with E-state index in [1.165, 1.54) is 36.0 Å². The number of carbonyl (C=O) groups is 1. The Balaban J connectivity index is 1.78. The fraction of sp³-hybridized carbons (Fsp3) is 0.158. The molecule has 1 N–H and O–H groups in total. The predicted molar refractivity (Wildman–Crippen MR) is 99.6 cm³/mol. The Labute approximate surface area is 148 Å². The van der Waals surface area contributed by atoms with Gasteiger partial charge in [-0.1, -0.05) is 18.2 Å². The van der Waals surface area contributed by atoms with Crippen molar-refractivity contribution < 1.29 is 9.18 Å². The lowest BCUT2D eigenvalue weighted by molar-refractivity contribution is -0.113. The number of anilines is 1. The van der Waals surface area contributed by atoms with Gasteiger partial charge in [0.15, 0.2) is 0 Å². The molecule has 1 heterocycles. The molecule has 0 atom stereocenters. The quantitative estimate of drug-likeness (QED) is 0.706. The molecule has 0 aliphatic heterocycles. The topological polar surface area (TPSA) is 51.1 Å². The standard InChI is InChI=1S/C19H17FN2O2S/c1-2-22-16-6-4-3-5-15(16)17(11-19(22)24)25-12-18(23)21-14-9-7-13(20)8-10-14/h3-11H,2,12H2,1H3,(H,21,23). The van der Waals surface area contributed by atoms with Gasteiger partial charge in [0.1, 0.15) is 5.82 Å². The highest BCUT2D eigenvalue weighted by Gasteiger charge is 2.10. The number of hydrogen-bond acceptors (Lipinski definition) is 3. The number of aromatic nitrogens is 1. The van der Waals surface area contributed by atoms with Crippen molar-refractivity contribution in [3.8, 4) is 0 Å². The van der Waals surface area contributed by atoms with Gasteiger partial charge in [0.25, 0.3) is 5.56 Å². The lowest BCUT2D eigenvalue weighted by Gasteiger charge is -2.11. The summed E-state index contributed by atoms with van der Waals surface area (Å²) in [5.41, 5.74) is 1.32. The number of benzene rings is 2. The summed E-state index contributed by atoms with van der Waals surface area (Å²) < 4.78 is 14.6. The molecule has 0 bridgehead atoms. The predicted octanol–water partition coefficient (Wildman–Crippen LogP) is 3.89. The summed E-state index contributed by atoms with van der Waals surface area (Å²) in [6.07, 6.45) is 0. The van der Waals surface area contributed by atoms with E-state index in [0.717, 1.165) is 15.8 Å². The number of amides is 1. The fourth-order valence-corrected chi connectivity index (χ4v) is 3.49. The number of carbonyl (C=O) groups excluding carboxylic acids is 1. The zero-order chi connectivity index (χ0) is 17.8. The highest BCUT2D eigenvalue weighted by atomic mass is 32.2. The monoisotopic (exact) mass is 356 g/mol. The molecule has 6 heteroatoms. The lowest BCUT2D eigenvalue weighted by atomic mass is 10.2. The van der Waals surface area contributed by atoms with Gasteiger partial charge < -0.3 is 9.88 Å². The van der Waals surface area contributed by atoms with Crippen molar-refractivity contribution in [2.24, 2.45) is 0 Å². The zero-order valence-electron chi connectivity index (χ0n) is 13.7. The second kappa shape index (κ2) is 7.53. The largest absolute Gasteiger partial charge is 0.325 e. The number of fused-ring (bicyclic) bond motifs is 1. The van der Waals surface area contributed by atoms with Crippen LogP contribution < -0.4 is 10.9 Å². The molecule has 0 saturated carbocycles. The molecule has 1 amide bonds. The van der Waals surface area contributed by atoms with Crippen molar-refractivity contribution in [2.75, 3.05) is 11.1 Å². The summed E-state index contributed by atoms with van der Waals surface area (Å²) in [6.45, 7) is 2.52. The van der Waals surface area contributed by atoms with E-state index in [2.05, 4.69) is 5.32 Å². The summed E-state index contributed by atoms with van der Waals surface area (Å²) in [5.74, 6) is -0.396. The highest BCUT2D eigenvalue weighted by molar-refractivity contribution is 8.00. The van der Waals surface area contributed by atoms with E-state index in [-0.39, 0.29) is 23.0 Å². The molecule has 4 nitrogen and oxygen atoms in total. The fourth-order valence-electron chi connectivity index (χ4n) is 2.62. The molecular formula is C19H17FN2O2S. The van der Waals surface area contributed by atoms with E-state index in [1.807, 2.05) is 31.2 Å². The first-order valence-corrected chi connectivity index (χ1v) is 8.88. The minimum Gasteiger partial charge on any atom is -0.325 e. The van der Waals surface area contributed by atoms with E-state index in [4.69, 9.17) is 0 Å². The molecule has 1 aromatic heterocycles. The third kappa shape index (κ3) is 3.91. The minimum absolute atomic E-state index is 0.0809. The van der Waals surface area contributed by atoms with Gasteiger partial charge in [0, 0.05) is 28.6 Å². The Morgan fingerprint density at radius 2 is 1.88 bits per heavy atom. The Bertz CT molecular complexity index is 967. The number of para-hydroxylation sites is 1. The van der Waals surface area contributed by atoms with Crippen molar-refractivity contribution in [3.05, 3.63) is 70.8 Å². The van der Waals surface area contributed by atoms with Crippen molar-refractivity contribution in [1.29, 1.82) is 0 Å². The van der Waals surface area contributed by atoms with Gasteiger partial charge >= 0.3 is 0 Å². The maximum atomic E-state index is 12.9. The van der Waals surface area contributed by atoms with E-state index < -0.39 is 0 Å². The highest BCUT2D eigenvalue weighted by Crippen LogP contribution is 2.26. The van der Waals surface area contributed by atoms with E-state index in [9.17, 15) is 14.0 Å². The van der Waals surface area contributed by atoms with Crippen LogP contribution in [-0.2, 0) is 11.3 Å². The van der Waals surface area contributed by atoms with Crippen LogP contribution in [-0.4, -0.2) is 16.2 Å². The Hall–Kier alpha value is -2.60. The van der Waals surface area contributed by atoms with Crippen molar-refractivity contribution in [1.82, 2.24) is 4.57 Å². The number of hydrogen-bond donors (Lipinski definition) is 1. The van der Waals surface area contributed by atoms with Crippen molar-refractivity contribution in [2.45, 2.75) is 18.4 Å². The van der Waals surface area contributed by atoms with Crippen molar-refractivity contribution in [3.63, 3.8) is 0 Å². The molecular weight excluding hydrogens is 339 g/mol. The van der Waals surface area contributed by atoms with Gasteiger partial charge in [-0.15, -0.1) is 11.8 Å². The number of aryl methyl sites for hydroxylation is 1. The number of halogens is 1. The second-order valence-electron chi connectivity index (χ2n) is 5.45. The van der Waals surface area contributed by atoms with Crippen LogP contribution in [0, 0.1) is 5.82 Å². The summed E-state index contributed by atoms with van der Waals surface area (Å²) in [6, 6.07) is 14.8. The molecule has 0 aliphatic rings. The molecule has 3 aromatic rings. The van der Waals surface area contributed by atoms with Crippen LogP contribution in [0.15, 0.2) is 64.3 Å². The smallest absolute Gasteiger partial charge is 0.252 e. The number of nitrogens with one attached hydrogen (secondary N) is 1. The molecule has 0 fully saturated rings. The molecule has 25 heavy (non-hydrogen) atoms. The van der Waals surface area contributed by atoms with Crippen LogP contribution in [0.3, 0.4) is 0 Å². The van der Waals surface area contributed by atoms with Gasteiger partial charge in [-0.3, -0.25) is 9.59 Å². The molecule has 2 aromatic carbocycles. The molecule has 128 valence electrons. The van der Waals surface area contributed by atoms with Crippen LogP contribution >= 0.6 is 11.8 Å². The zero-order valence-corrected chi connectivity index (χ0v) is 14.5. The Kier molecular flexibility index (Phi) is 5.19. The van der Waals surface area contributed by atoms with E-state index in [0.29, 0.717) is 12.2 Å². The van der Waals surface area contributed by atoms with Crippen LogP contribution in [0.2, 0.25) is 0 Å². The average molecular weight is 356 g/mol. The normalized spacial score (nSPS) is 10.8. The number of pyridine rings is 1. The van der Waals surface area contributed by atoms with Gasteiger partial charge in [-0.2, -0.15) is 0 Å². The molecule has 0 radical (unpaired) electrons. The minimum atomic E-state index is -0.352. The summed E-state index contributed by atoms with van der Waals surface area (Å²) in [5, 5.41) is 3.66. The molecule has 0 aliphatic carbocycles. The number of nitrogens with zero attached hydrogens (tertiary/aromatic N) is 1. The SMILES string of the molecule is CCn1c(=O)cc(SCC(=O)Nc2ccc(F)cc2)c2ccccc21. The first-order valence-electron chi connectivity index (χ1n) is 7.89. The third-order valence-corrected chi connectivity index (χ3v) is 4.84. The maximum Gasteiger partial charge on any atom is 0.252 e. The van der Waals surface area contributed by atoms with Crippen LogP contribution in [0.4, 0.5) is 10.1 Å². The average Bonchev–Trinajstić information content (AvgIpc) is 2.62. The molecule has 0 saturated heterocycles. The number of rotatable bonds is 5. The second-order valence-corrected chi connectivity index (χ2v) is 6.47. The first kappa shape index (κ1) is 17.2. The lowest BCUT2D eigenvalue weighted by Crippen LogP contribution is -2.19. The molecule has 0 spiro atoms. The number of thioether (sulfide) groups is 1. The van der Waals surface area contributed by atoms with E-state index in [1.54, 1.807) is 10.6 Å². The van der Waals surface area contributed by atoms with E-state index >= 15 is 0 Å². The molecule has 0 unspecified atom stereocenters. The van der Waals surface area contributed by atoms with Gasteiger partial charge in [0.05, 0.1) is 11.3 Å². The van der Waals surface area contributed by atoms with Crippen LogP contribution in [0.5, 0.6) is 0 Å². The maximum absolute atomic E-state index is 12.9. The summed E-state index contributed by atoms with van der Waals surface area (Å²) in [7, 11) is 0.